The number of hydrogen-bond donors (Lipinski definition) is 1. The summed E-state index contributed by atoms with van der Waals surface area (Å²) in [5, 5.41) is 19.6. The van der Waals surface area contributed by atoms with Crippen molar-refractivity contribution in [1.82, 2.24) is 24.8 Å². The standard InChI is InChI=1S/C15H27N5O2/c1-5-20-16-12(2)13(17-20)10-19-8-6-7-15(22,11-19)9-14(21)18(3)4/h22H,5-11H2,1-4H3. The highest BCUT2D eigenvalue weighted by Gasteiger charge is 2.36. The van der Waals surface area contributed by atoms with E-state index < -0.39 is 5.60 Å². The summed E-state index contributed by atoms with van der Waals surface area (Å²) in [5.74, 6) is -0.0301. The van der Waals surface area contributed by atoms with Crippen LogP contribution in [0.3, 0.4) is 0 Å². The fraction of sp³-hybridized carbons (Fsp3) is 0.800. The first-order valence-corrected chi connectivity index (χ1v) is 7.88. The zero-order valence-corrected chi connectivity index (χ0v) is 14.0. The zero-order valence-electron chi connectivity index (χ0n) is 14.0. The Morgan fingerprint density at radius 3 is 2.73 bits per heavy atom. The van der Waals surface area contributed by atoms with Gasteiger partial charge in [-0.1, -0.05) is 0 Å². The predicted octanol–water partition coefficient (Wildman–Crippen LogP) is 0.412. The molecule has 1 atom stereocenters. The third kappa shape index (κ3) is 4.04. The minimum Gasteiger partial charge on any atom is -0.388 e. The van der Waals surface area contributed by atoms with Crippen molar-refractivity contribution in [3.8, 4) is 0 Å². The van der Waals surface area contributed by atoms with Gasteiger partial charge in [0.25, 0.3) is 0 Å². The maximum atomic E-state index is 11.9. The van der Waals surface area contributed by atoms with E-state index in [-0.39, 0.29) is 12.3 Å². The maximum Gasteiger partial charge on any atom is 0.224 e. The van der Waals surface area contributed by atoms with Crippen LogP contribution in [0, 0.1) is 6.92 Å². The summed E-state index contributed by atoms with van der Waals surface area (Å²) >= 11 is 0. The van der Waals surface area contributed by atoms with Crippen LogP contribution >= 0.6 is 0 Å². The lowest BCUT2D eigenvalue weighted by Gasteiger charge is -2.39. The molecule has 124 valence electrons. The molecule has 1 saturated heterocycles. The molecule has 2 heterocycles. The van der Waals surface area contributed by atoms with Crippen LogP contribution < -0.4 is 0 Å². The SMILES string of the molecule is CCn1nc(C)c(CN2CCCC(O)(CC(=O)N(C)C)C2)n1. The fourth-order valence-corrected chi connectivity index (χ4v) is 2.89. The first-order valence-electron chi connectivity index (χ1n) is 7.88. The summed E-state index contributed by atoms with van der Waals surface area (Å²) in [4.78, 5) is 17.3. The molecule has 1 aliphatic rings. The second-order valence-electron chi connectivity index (χ2n) is 6.42. The molecule has 1 aromatic heterocycles. The van der Waals surface area contributed by atoms with Gasteiger partial charge in [-0.25, -0.2) is 0 Å². The second-order valence-corrected chi connectivity index (χ2v) is 6.42. The van der Waals surface area contributed by atoms with Gasteiger partial charge in [-0.15, -0.1) is 0 Å². The average molecular weight is 309 g/mol. The molecule has 1 aromatic rings. The molecule has 1 fully saturated rings. The zero-order chi connectivity index (χ0) is 16.3. The van der Waals surface area contributed by atoms with Crippen LogP contribution in [-0.4, -0.2) is 68.6 Å². The van der Waals surface area contributed by atoms with Crippen molar-refractivity contribution in [3.63, 3.8) is 0 Å². The molecule has 0 spiro atoms. The largest absolute Gasteiger partial charge is 0.388 e. The fourth-order valence-electron chi connectivity index (χ4n) is 2.89. The molecule has 0 saturated carbocycles. The van der Waals surface area contributed by atoms with Crippen LogP contribution in [-0.2, 0) is 17.9 Å². The van der Waals surface area contributed by atoms with Gasteiger partial charge in [0.05, 0.1) is 30.0 Å². The van der Waals surface area contributed by atoms with E-state index in [1.807, 2.05) is 13.8 Å². The average Bonchev–Trinajstić information content (AvgIpc) is 2.79. The third-order valence-corrected chi connectivity index (χ3v) is 4.19. The Balaban J connectivity index is 2.00. The quantitative estimate of drug-likeness (QED) is 0.853. The van der Waals surface area contributed by atoms with Gasteiger partial charge in [0.1, 0.15) is 0 Å². The van der Waals surface area contributed by atoms with E-state index in [4.69, 9.17) is 0 Å². The van der Waals surface area contributed by atoms with Crippen molar-refractivity contribution in [2.75, 3.05) is 27.2 Å². The number of amides is 1. The van der Waals surface area contributed by atoms with Gasteiger partial charge in [-0.05, 0) is 33.2 Å². The van der Waals surface area contributed by atoms with Crippen LogP contribution in [0.2, 0.25) is 0 Å². The first-order chi connectivity index (χ1) is 10.3. The number of piperidine rings is 1. The van der Waals surface area contributed by atoms with E-state index in [2.05, 4.69) is 15.1 Å². The number of likely N-dealkylation sites (tertiary alicyclic amines) is 1. The molecule has 0 bridgehead atoms. The molecular weight excluding hydrogens is 282 g/mol. The number of carbonyl (C=O) groups excluding carboxylic acids is 1. The van der Waals surface area contributed by atoms with Crippen molar-refractivity contribution in [3.05, 3.63) is 11.4 Å². The number of carbonyl (C=O) groups is 1. The molecule has 1 amide bonds. The summed E-state index contributed by atoms with van der Waals surface area (Å²) in [7, 11) is 3.44. The second kappa shape index (κ2) is 6.75. The number of nitrogens with zero attached hydrogens (tertiary/aromatic N) is 5. The smallest absolute Gasteiger partial charge is 0.224 e. The van der Waals surface area contributed by atoms with E-state index in [0.717, 1.165) is 30.9 Å². The topological polar surface area (TPSA) is 74.5 Å². The Kier molecular flexibility index (Phi) is 5.18. The third-order valence-electron chi connectivity index (χ3n) is 4.19. The van der Waals surface area contributed by atoms with Crippen LogP contribution in [0.25, 0.3) is 0 Å². The van der Waals surface area contributed by atoms with E-state index in [1.54, 1.807) is 18.9 Å². The van der Waals surface area contributed by atoms with Gasteiger partial charge in [0.15, 0.2) is 0 Å². The lowest BCUT2D eigenvalue weighted by Crippen LogP contribution is -2.50. The summed E-state index contributed by atoms with van der Waals surface area (Å²) in [5.41, 5.74) is 0.944. The van der Waals surface area contributed by atoms with Gasteiger partial charge in [-0.3, -0.25) is 9.69 Å². The van der Waals surface area contributed by atoms with Crippen molar-refractivity contribution >= 4 is 5.91 Å². The van der Waals surface area contributed by atoms with Crippen molar-refractivity contribution in [1.29, 1.82) is 0 Å². The molecule has 2 rings (SSSR count). The van der Waals surface area contributed by atoms with Crippen LogP contribution in [0.4, 0.5) is 0 Å². The Hall–Kier alpha value is -1.47. The van der Waals surface area contributed by atoms with Crippen LogP contribution in [0.1, 0.15) is 37.6 Å². The Morgan fingerprint density at radius 1 is 1.41 bits per heavy atom. The number of hydrogen-bond acceptors (Lipinski definition) is 5. The maximum absolute atomic E-state index is 11.9. The normalized spacial score (nSPS) is 22.8. The lowest BCUT2D eigenvalue weighted by molar-refractivity contribution is -0.136. The lowest BCUT2D eigenvalue weighted by atomic mass is 9.89. The predicted molar refractivity (Wildman–Crippen MR) is 83.2 cm³/mol. The van der Waals surface area contributed by atoms with Crippen LogP contribution in [0.5, 0.6) is 0 Å². The van der Waals surface area contributed by atoms with E-state index in [1.165, 1.54) is 4.90 Å². The van der Waals surface area contributed by atoms with E-state index >= 15 is 0 Å². The van der Waals surface area contributed by atoms with Gasteiger partial charge in [0.2, 0.25) is 5.91 Å². The summed E-state index contributed by atoms with van der Waals surface area (Å²) in [6.07, 6.45) is 1.74. The van der Waals surface area contributed by atoms with Crippen molar-refractivity contribution in [2.24, 2.45) is 0 Å². The van der Waals surface area contributed by atoms with Crippen molar-refractivity contribution in [2.45, 2.75) is 51.8 Å². The minimum absolute atomic E-state index is 0.0301. The Bertz CT molecular complexity index is 528. The highest BCUT2D eigenvalue weighted by Crippen LogP contribution is 2.26. The number of β-amino-alcohol motifs (C(OH)–C–C–N with tert-alkyl or cyclic N) is 1. The number of aryl methyl sites for hydroxylation is 2. The highest BCUT2D eigenvalue weighted by molar-refractivity contribution is 5.76. The number of rotatable bonds is 5. The monoisotopic (exact) mass is 309 g/mol. The van der Waals surface area contributed by atoms with Crippen LogP contribution in [0.15, 0.2) is 0 Å². The summed E-state index contributed by atoms with van der Waals surface area (Å²) in [6, 6.07) is 0. The molecule has 0 aromatic carbocycles. The molecule has 22 heavy (non-hydrogen) atoms. The number of aromatic nitrogens is 3. The van der Waals surface area contributed by atoms with Gasteiger partial charge in [0, 0.05) is 27.2 Å². The molecule has 0 aliphatic carbocycles. The highest BCUT2D eigenvalue weighted by atomic mass is 16.3. The van der Waals surface area contributed by atoms with Gasteiger partial charge >= 0.3 is 0 Å². The van der Waals surface area contributed by atoms with E-state index in [0.29, 0.717) is 19.5 Å². The molecule has 7 heteroatoms. The molecule has 7 nitrogen and oxygen atoms in total. The molecular formula is C15H27N5O2. The summed E-state index contributed by atoms with van der Waals surface area (Å²) in [6.45, 7) is 6.81. The van der Waals surface area contributed by atoms with E-state index in [9.17, 15) is 9.90 Å². The first kappa shape index (κ1) is 16.9. The molecule has 1 unspecified atom stereocenters. The number of aliphatic hydroxyl groups is 1. The molecule has 0 radical (unpaired) electrons. The Labute approximate surface area is 131 Å². The Morgan fingerprint density at radius 2 is 2.14 bits per heavy atom. The van der Waals surface area contributed by atoms with Gasteiger partial charge in [-0.2, -0.15) is 15.0 Å². The minimum atomic E-state index is -0.936. The van der Waals surface area contributed by atoms with Gasteiger partial charge < -0.3 is 10.0 Å². The van der Waals surface area contributed by atoms with Crippen molar-refractivity contribution < 1.29 is 9.90 Å². The molecule has 1 N–H and O–H groups in total. The molecule has 1 aliphatic heterocycles. The summed E-state index contributed by atoms with van der Waals surface area (Å²) < 4.78 is 0.